The Bertz CT molecular complexity index is 1150. The zero-order chi connectivity index (χ0) is 24.4. The Hall–Kier alpha value is -2.09. The van der Waals surface area contributed by atoms with E-state index in [4.69, 9.17) is 5.14 Å². The number of nitrogens with two attached hydrogens (primary N) is 1. The number of rotatable bonds is 7. The highest BCUT2D eigenvalue weighted by Crippen LogP contribution is 2.35. The molecule has 0 aliphatic carbocycles. The summed E-state index contributed by atoms with van der Waals surface area (Å²) in [7, 11) is -3.62. The molecular weight excluding hydrogens is 446 g/mol. The number of nitriles is 1. The molecule has 2 rings (SSSR count). The average molecular weight is 478 g/mol. The van der Waals surface area contributed by atoms with E-state index in [1.54, 1.807) is 26.0 Å². The van der Waals surface area contributed by atoms with Crippen LogP contribution >= 0.6 is 11.3 Å². The molecule has 0 aliphatic rings. The second-order valence-corrected chi connectivity index (χ2v) is 12.0. The number of amides is 1. The normalized spacial score (nSPS) is 13.8. The van der Waals surface area contributed by atoms with Crippen LogP contribution in [0.4, 0.5) is 0 Å². The summed E-state index contributed by atoms with van der Waals surface area (Å²) in [5, 5.41) is 35.3. The van der Waals surface area contributed by atoms with Crippen LogP contribution in [0.25, 0.3) is 0 Å². The topological polar surface area (TPSA) is 137 Å². The molecule has 0 bridgehead atoms. The number of aliphatic hydroxyl groups is 2. The fourth-order valence-electron chi connectivity index (χ4n) is 3.46. The Morgan fingerprint density at radius 3 is 2.16 bits per heavy atom. The Morgan fingerprint density at radius 1 is 1.22 bits per heavy atom. The van der Waals surface area contributed by atoms with Gasteiger partial charge in [0, 0.05) is 10.4 Å². The third-order valence-corrected chi connectivity index (χ3v) is 8.59. The van der Waals surface area contributed by atoms with Crippen LogP contribution in [0.2, 0.25) is 0 Å². The highest BCUT2D eigenvalue weighted by molar-refractivity contribution is 7.93. The van der Waals surface area contributed by atoms with Crippen LogP contribution in [-0.2, 0) is 33.3 Å². The van der Waals surface area contributed by atoms with Crippen molar-refractivity contribution >= 4 is 27.2 Å². The summed E-state index contributed by atoms with van der Waals surface area (Å²) in [6.45, 7) is 10.6. The largest absolute Gasteiger partial charge is 0.392 e. The third-order valence-electron chi connectivity index (χ3n) is 5.07. The second-order valence-electron chi connectivity index (χ2n) is 8.93. The minimum Gasteiger partial charge on any atom is -0.392 e. The summed E-state index contributed by atoms with van der Waals surface area (Å²) in [6, 6.07) is 7.25. The molecule has 174 valence electrons. The van der Waals surface area contributed by atoms with E-state index in [0.29, 0.717) is 10.4 Å². The van der Waals surface area contributed by atoms with Gasteiger partial charge in [0.05, 0.1) is 30.3 Å². The smallest absolute Gasteiger partial charge is 0.259 e. The van der Waals surface area contributed by atoms with E-state index >= 15 is 0 Å². The van der Waals surface area contributed by atoms with Crippen LogP contribution in [0.1, 0.15) is 86.1 Å². The average Bonchev–Trinajstić information content (AvgIpc) is 3.13. The molecule has 1 atom stereocenters. The number of carbonyl (C=O) groups excluding carboxylic acids is 1. The van der Waals surface area contributed by atoms with Crippen LogP contribution in [0, 0.1) is 11.3 Å². The molecule has 0 spiro atoms. The Labute approximate surface area is 194 Å². The molecule has 4 N–H and O–H groups in total. The maximum absolute atomic E-state index is 13.2. The van der Waals surface area contributed by atoms with Crippen LogP contribution in [0.5, 0.6) is 0 Å². The van der Waals surface area contributed by atoms with Crippen molar-refractivity contribution in [1.29, 1.82) is 5.26 Å². The lowest BCUT2D eigenvalue weighted by Gasteiger charge is -2.19. The number of nitrogens with zero attached hydrogens (tertiary/aromatic N) is 2. The maximum atomic E-state index is 13.2. The fraction of sp³-hybridized carbons (Fsp3) is 0.478. The maximum Gasteiger partial charge on any atom is 0.259 e. The highest BCUT2D eigenvalue weighted by Gasteiger charge is 2.26. The minimum atomic E-state index is -3.62. The van der Waals surface area contributed by atoms with Crippen LogP contribution in [-0.4, -0.2) is 20.3 Å². The van der Waals surface area contributed by atoms with Crippen molar-refractivity contribution in [2.75, 3.05) is 0 Å². The number of aliphatic hydroxyl groups excluding tert-OH is 1. The first-order valence-corrected chi connectivity index (χ1v) is 12.7. The van der Waals surface area contributed by atoms with Crippen LogP contribution in [0.3, 0.4) is 0 Å². The van der Waals surface area contributed by atoms with Gasteiger partial charge in [0.15, 0.2) is 9.92 Å². The molecule has 0 saturated carbocycles. The van der Waals surface area contributed by atoms with E-state index < -0.39 is 28.0 Å². The molecule has 0 aliphatic heterocycles. The van der Waals surface area contributed by atoms with Gasteiger partial charge in [-0.2, -0.15) is 5.26 Å². The summed E-state index contributed by atoms with van der Waals surface area (Å²) < 4.78 is 17.1. The zero-order valence-corrected chi connectivity index (χ0v) is 20.9. The van der Waals surface area contributed by atoms with Gasteiger partial charge in [-0.25, -0.2) is 9.35 Å². The lowest BCUT2D eigenvalue weighted by atomic mass is 9.85. The lowest BCUT2D eigenvalue weighted by molar-refractivity contribution is -0.117. The van der Waals surface area contributed by atoms with Gasteiger partial charge < -0.3 is 10.2 Å². The quantitative estimate of drug-likeness (QED) is 0.552. The van der Waals surface area contributed by atoms with Crippen molar-refractivity contribution in [2.45, 2.75) is 76.2 Å². The van der Waals surface area contributed by atoms with E-state index in [9.17, 15) is 24.5 Å². The summed E-state index contributed by atoms with van der Waals surface area (Å²) in [6.07, 6.45) is -0.0981. The van der Waals surface area contributed by atoms with Crippen molar-refractivity contribution in [2.24, 2.45) is 9.50 Å². The molecule has 2 aromatic rings. The van der Waals surface area contributed by atoms with Gasteiger partial charge in [-0.1, -0.05) is 27.7 Å². The standard InChI is InChI=1S/C23H31N3O4S2/c1-13(2)17-7-15(11-24)8-18(14(3)4)19(17)10-21(28)26-32(25,30)22-16(12-27)9-20(31-22)23(5,6)29/h7-9,13-14,27,29H,10,12H2,1-6H3,(H2,25,26,28,30). The second kappa shape index (κ2) is 9.81. The van der Waals surface area contributed by atoms with Gasteiger partial charge in [-0.15, -0.1) is 15.7 Å². The molecule has 0 saturated heterocycles. The molecule has 1 unspecified atom stereocenters. The van der Waals surface area contributed by atoms with E-state index in [-0.39, 0.29) is 28.0 Å². The van der Waals surface area contributed by atoms with Crippen molar-refractivity contribution in [3.8, 4) is 6.07 Å². The summed E-state index contributed by atoms with van der Waals surface area (Å²) in [4.78, 5) is 13.4. The molecule has 1 amide bonds. The van der Waals surface area contributed by atoms with E-state index in [2.05, 4.69) is 10.4 Å². The predicted octanol–water partition coefficient (Wildman–Crippen LogP) is 4.06. The SMILES string of the molecule is CC(C)c1cc(C#N)cc(C(C)C)c1CC(=O)N=S(N)(=O)c1sc(C(C)(C)O)cc1CO. The number of hydrogen-bond donors (Lipinski definition) is 3. The molecule has 1 aromatic carbocycles. The van der Waals surface area contributed by atoms with E-state index in [1.165, 1.54) is 6.07 Å². The number of carbonyl (C=O) groups is 1. The Kier molecular flexibility index (Phi) is 8.02. The van der Waals surface area contributed by atoms with Gasteiger partial charge in [-0.05, 0) is 60.6 Å². The van der Waals surface area contributed by atoms with Crippen LogP contribution < -0.4 is 5.14 Å². The van der Waals surface area contributed by atoms with E-state index in [0.717, 1.165) is 28.0 Å². The predicted molar refractivity (Wildman–Crippen MR) is 127 cm³/mol. The van der Waals surface area contributed by atoms with Gasteiger partial charge in [0.25, 0.3) is 5.91 Å². The van der Waals surface area contributed by atoms with Gasteiger partial charge in [0.2, 0.25) is 0 Å². The van der Waals surface area contributed by atoms with Crippen molar-refractivity contribution in [3.63, 3.8) is 0 Å². The Morgan fingerprint density at radius 2 is 1.75 bits per heavy atom. The number of hydrogen-bond acceptors (Lipinski definition) is 6. The van der Waals surface area contributed by atoms with Crippen molar-refractivity contribution < 1.29 is 19.2 Å². The van der Waals surface area contributed by atoms with Gasteiger partial charge in [0.1, 0.15) is 4.21 Å². The molecule has 0 radical (unpaired) electrons. The lowest BCUT2D eigenvalue weighted by Crippen LogP contribution is -2.17. The molecule has 7 nitrogen and oxygen atoms in total. The van der Waals surface area contributed by atoms with Gasteiger partial charge in [-0.3, -0.25) is 4.79 Å². The molecule has 9 heteroatoms. The molecule has 32 heavy (non-hydrogen) atoms. The zero-order valence-electron chi connectivity index (χ0n) is 19.3. The molecule has 1 heterocycles. The first kappa shape index (κ1) is 26.2. The molecule has 0 fully saturated rings. The summed E-state index contributed by atoms with van der Waals surface area (Å²) in [5.41, 5.74) is 2.10. The third kappa shape index (κ3) is 5.82. The number of thiophene rings is 1. The first-order chi connectivity index (χ1) is 14.7. The Balaban J connectivity index is 2.56. The number of benzene rings is 1. The molecular formula is C23H31N3O4S2. The van der Waals surface area contributed by atoms with Crippen molar-refractivity contribution in [3.05, 3.63) is 50.9 Å². The van der Waals surface area contributed by atoms with Crippen molar-refractivity contribution in [1.82, 2.24) is 0 Å². The van der Waals surface area contributed by atoms with Gasteiger partial charge >= 0.3 is 0 Å². The fourth-order valence-corrected chi connectivity index (χ4v) is 6.18. The summed E-state index contributed by atoms with van der Waals surface area (Å²) in [5.74, 6) is -0.509. The molecule has 1 aromatic heterocycles. The van der Waals surface area contributed by atoms with E-state index in [1.807, 2.05) is 27.7 Å². The minimum absolute atomic E-state index is 0.0680. The monoisotopic (exact) mass is 477 g/mol. The summed E-state index contributed by atoms with van der Waals surface area (Å²) >= 11 is 0.975. The first-order valence-electron chi connectivity index (χ1n) is 10.3. The van der Waals surface area contributed by atoms with Crippen LogP contribution in [0.15, 0.2) is 26.8 Å². The highest BCUT2D eigenvalue weighted by atomic mass is 32.2.